The van der Waals surface area contributed by atoms with Crippen LogP contribution in [0.1, 0.15) is 79.5 Å². The van der Waals surface area contributed by atoms with E-state index in [1.54, 1.807) is 81.2 Å². The topological polar surface area (TPSA) is 502 Å². The number of rotatable bonds is 29. The number of methoxy groups -OCH3 is 5. The summed E-state index contributed by atoms with van der Waals surface area (Å²) in [4.78, 5) is 56.5. The average Bonchev–Trinajstić information content (AvgIpc) is 1.59. The Kier molecular flexibility index (Phi) is 48.6. The molecule has 11 aliphatic heterocycles. The van der Waals surface area contributed by atoms with Gasteiger partial charge in [-0.25, -0.2) is 24.4 Å². The normalized spacial score (nSPS) is 37.9. The molecule has 39 nitrogen and oxygen atoms in total. The first-order valence-corrected chi connectivity index (χ1v) is 53.0. The molecule has 3 aromatic carbocycles. The number of carbonyl (C=O) groups is 4. The second-order valence-corrected chi connectivity index (χ2v) is 42.0. The molecule has 0 saturated carbocycles. The van der Waals surface area contributed by atoms with Crippen molar-refractivity contribution in [3.63, 3.8) is 0 Å². The van der Waals surface area contributed by atoms with Crippen molar-refractivity contribution in [3.8, 4) is 0 Å². The first-order valence-electron chi connectivity index (χ1n) is 44.9. The van der Waals surface area contributed by atoms with Gasteiger partial charge in [-0.2, -0.15) is 0 Å². The number of nitrogens with one attached hydrogen (secondary N) is 3. The van der Waals surface area contributed by atoms with Crippen molar-refractivity contribution >= 4 is 68.7 Å². The van der Waals surface area contributed by atoms with Crippen LogP contribution in [0.25, 0.3) is 0 Å². The molecule has 4 aromatic rings. The van der Waals surface area contributed by atoms with Crippen LogP contribution in [-0.4, -0.2) is 382 Å². The Bertz CT molecular complexity index is 4000. The van der Waals surface area contributed by atoms with Gasteiger partial charge in [0, 0.05) is 66.7 Å². The summed E-state index contributed by atoms with van der Waals surface area (Å²) in [6.07, 6.45) is -10.1. The smallest absolute Gasteiger partial charge is 0.338 e. The van der Waals surface area contributed by atoms with E-state index in [2.05, 4.69) is 73.9 Å². The lowest BCUT2D eigenvalue weighted by molar-refractivity contribution is -0.341. The zero-order valence-electron chi connectivity index (χ0n) is 78.8. The van der Waals surface area contributed by atoms with Crippen LogP contribution in [0.2, 0.25) is 0 Å². The number of hydrogen-bond acceptors (Lipinski definition) is 40. The Balaban J connectivity index is 0.000000179. The fourth-order valence-electron chi connectivity index (χ4n) is 17.1. The third-order valence-electron chi connectivity index (χ3n) is 25.0. The number of aromatic nitrogens is 2. The molecule has 134 heavy (non-hydrogen) atoms. The van der Waals surface area contributed by atoms with E-state index in [1.807, 2.05) is 70.5 Å². The van der Waals surface area contributed by atoms with E-state index in [0.717, 1.165) is 36.2 Å². The highest BCUT2D eigenvalue weighted by molar-refractivity contribution is 8.12. The molecular weight excluding hydrogens is 1850 g/mol. The minimum Gasteiger partial charge on any atom is -0.459 e. The van der Waals surface area contributed by atoms with Gasteiger partial charge in [0.1, 0.15) is 123 Å². The van der Waals surface area contributed by atoms with Gasteiger partial charge in [-0.3, -0.25) is 4.79 Å². The number of benzene rings is 3. The largest absolute Gasteiger partial charge is 0.459 e. The Labute approximate surface area is 795 Å². The molecule has 0 radical (unpaired) electrons. The Hall–Kier alpha value is -4.47. The number of epoxide rings is 2. The number of aliphatic hydroxyl groups excluding tert-OH is 8. The molecule has 0 amide bonds. The number of esters is 4. The summed E-state index contributed by atoms with van der Waals surface area (Å²) >= 11 is 1.53. The lowest BCUT2D eigenvalue weighted by atomic mass is 9.77. The minimum atomic E-state index is -1.36. The maximum Gasteiger partial charge on any atom is 0.338 e. The maximum absolute atomic E-state index is 12.3. The van der Waals surface area contributed by atoms with Crippen molar-refractivity contribution in [2.75, 3.05) is 136 Å². The monoisotopic (exact) mass is 1990 g/mol. The SMILES string of the molecule is CNC[C@@H]1C(C)C(OC(C)=O)OC(COC(=O)c2ccccc2)[C@H]1C.CNC[C@@H]1C(C)[C@@H](OC)OC(COC(=O)c2ccccc2)[C@H]1C.CNC[C@@H]1C(C)[C@H](Sc2ncccn2)OC(COC(=O)c2ccccc2)[C@H]1C.CO[C@H]1OC(CO)[C@@H](O)[C@H](O)C1O.CO[C@H]1OC(CO)[C@@H](O)[C@H]2OC12.CO[C@H]1OC2COC(PPC)O[C@H]2[C@H](O)C1O.CO[C@H]1OC2COC(PPC)O[C@H]2[C@H]2OC12. The summed E-state index contributed by atoms with van der Waals surface area (Å²) in [5.74, 6) is 0.926. The third-order valence-corrected chi connectivity index (χ3v) is 31.0. The van der Waals surface area contributed by atoms with Crippen LogP contribution in [0.15, 0.2) is 115 Å². The third kappa shape index (κ3) is 31.8. The predicted molar refractivity (Wildman–Crippen MR) is 495 cm³/mol. The lowest BCUT2D eigenvalue weighted by Gasteiger charge is -2.45. The number of carbonyl (C=O) groups excluding carboxylic acids is 4. The number of nitrogens with zero attached hydrogens (tertiary/aromatic N) is 2. The molecule has 0 spiro atoms. The van der Waals surface area contributed by atoms with E-state index in [9.17, 15) is 49.8 Å². The highest BCUT2D eigenvalue weighted by Crippen LogP contribution is 2.49. The van der Waals surface area contributed by atoms with E-state index >= 15 is 0 Å². The highest BCUT2D eigenvalue weighted by Gasteiger charge is 2.61. The van der Waals surface area contributed by atoms with Crippen LogP contribution >= 0.6 is 44.8 Å². The molecule has 41 atom stereocenters. The number of thioether (sulfide) groups is 1. The Morgan fingerprint density at radius 2 is 0.769 bits per heavy atom. The number of ether oxygens (including phenoxy) is 22. The number of fused-ring (bicyclic) bond motifs is 5. The van der Waals surface area contributed by atoms with Gasteiger partial charge >= 0.3 is 23.9 Å². The van der Waals surface area contributed by atoms with E-state index in [0.29, 0.717) is 69.4 Å². The van der Waals surface area contributed by atoms with Crippen LogP contribution in [0.4, 0.5) is 0 Å². The summed E-state index contributed by atoms with van der Waals surface area (Å²) in [6.45, 7) is 21.7. The maximum atomic E-state index is 12.3. The average molecular weight is 1990 g/mol. The molecule has 21 unspecified atom stereocenters. The van der Waals surface area contributed by atoms with Crippen molar-refractivity contribution in [1.29, 1.82) is 0 Å². The van der Waals surface area contributed by atoms with E-state index < -0.39 is 86.7 Å². The zero-order valence-corrected chi connectivity index (χ0v) is 83.6. The van der Waals surface area contributed by atoms with Crippen LogP contribution in [0, 0.1) is 53.3 Å². The molecule has 0 aliphatic carbocycles. The van der Waals surface area contributed by atoms with Crippen LogP contribution in [0.3, 0.4) is 0 Å². The zero-order chi connectivity index (χ0) is 97.4. The Morgan fingerprint density at radius 1 is 0.396 bits per heavy atom. The molecule has 11 fully saturated rings. The molecule has 11 saturated heterocycles. The minimum absolute atomic E-state index is 0.0269. The first kappa shape index (κ1) is 113. The molecule has 15 rings (SSSR count). The van der Waals surface area contributed by atoms with Crippen LogP contribution in [-0.2, 0) is 109 Å². The Morgan fingerprint density at radius 3 is 1.22 bits per heavy atom. The van der Waals surface area contributed by atoms with Gasteiger partial charge in [-0.1, -0.05) is 124 Å². The summed E-state index contributed by atoms with van der Waals surface area (Å²) in [7, 11) is 16.2. The fraction of sp³-hybridized carbons (Fsp3) is 0.711. The molecule has 1 aromatic heterocycles. The van der Waals surface area contributed by atoms with Crippen LogP contribution in [0.5, 0.6) is 0 Å². The van der Waals surface area contributed by atoms with E-state index in [4.69, 9.17) is 114 Å². The van der Waals surface area contributed by atoms with Gasteiger partial charge in [0.05, 0.1) is 61.4 Å². The molecule has 11 N–H and O–H groups in total. The molecule has 756 valence electrons. The van der Waals surface area contributed by atoms with E-state index in [-0.39, 0.29) is 177 Å². The number of aliphatic hydroxyl groups is 8. The lowest BCUT2D eigenvalue weighted by Crippen LogP contribution is -2.62. The van der Waals surface area contributed by atoms with E-state index in [1.165, 1.54) is 40.0 Å². The predicted octanol–water partition coefficient (Wildman–Crippen LogP) is 4.14. The second-order valence-electron chi connectivity index (χ2n) is 33.7. The van der Waals surface area contributed by atoms with Crippen molar-refractivity contribution in [2.24, 2.45) is 53.3 Å². The quantitative estimate of drug-likeness (QED) is 0.0120. The summed E-state index contributed by atoms with van der Waals surface area (Å²) in [5, 5.41) is 85.0. The molecule has 11 aliphatic rings. The van der Waals surface area contributed by atoms with Crippen molar-refractivity contribution < 1.29 is 164 Å². The molecule has 44 heteroatoms. The van der Waals surface area contributed by atoms with Gasteiger partial charge in [-0.05, 0) is 155 Å². The molecule has 12 heterocycles. The van der Waals surface area contributed by atoms with Gasteiger partial charge in [-0.15, -0.1) is 0 Å². The van der Waals surface area contributed by atoms with Crippen molar-refractivity contribution in [3.05, 3.63) is 126 Å². The van der Waals surface area contributed by atoms with Crippen molar-refractivity contribution in [1.82, 2.24) is 25.9 Å². The summed E-state index contributed by atoms with van der Waals surface area (Å²) in [5.41, 5.74) is 1.51. The van der Waals surface area contributed by atoms with Gasteiger partial charge in [0.2, 0.25) is 6.29 Å². The highest BCUT2D eigenvalue weighted by atomic mass is 32.2. The molecular formula is C90H141N5O34P4S. The number of hydrogen-bond donors (Lipinski definition) is 11. The van der Waals surface area contributed by atoms with Gasteiger partial charge in [0.25, 0.3) is 0 Å². The standard InChI is InChI=1S/C21H27N3O3S.C19H27NO5.C18H27NO4.C9H18O6P2.C9H16O5P2.C7H14O6.C7H12O5/c1-14-17(12-22-3)15(2)20(28-21-23-10-7-11-24-21)27-18(14)13-26-19(25)16-8-5-4-6-9-16;1-12-16(10-20-4)13(2)19(24-14(3)21)25-17(12)11-23-18(22)15-8-6-5-7-9-15;1-12-15(10-19-3)13(2)18(21-4)23-16(12)11-22-17(20)14-8-6-5-7-9-14;1-12-8-6(11)5(10)7-4(14-8)3-13-9(15-7)17-16-2;1-10-8-7-6(13-7)5-4(12-8)3-11-9(14-5)16-15-2;1-12-7-6(11)5(10)4(9)3(2-8)13-7;1-10-7-6-5(12-6)4(9)3(2-8)11-7/h4-11,14-15,17-18,20,22H,12-13H2,1-3H3;5-9,12-13,16-17,19-20H,10-11H2,1-4H3;5-9,12-13,15-16,18-19H,10-11H2,1-4H3;4-11,16-17H,3H2,1-2H3;4-9,15-16H,3H2,1-2H3;3-11H,2H2,1H3;3-9H,2H2,1H3/t14-,15?,17-,18?,20-;12-,13?,16-,17?,19?;12-,13?,15-,16?,18-;4?,5-,6?,7-,8+,9?;4?,5-,6-,7?,8+,9?;3?,4-,5+,6?,7+;3?,4-,5-,6?,7+/m0001111/s1. The first-order chi connectivity index (χ1) is 64.5. The van der Waals surface area contributed by atoms with Gasteiger partial charge < -0.3 is 161 Å². The second kappa shape index (κ2) is 57.6. The summed E-state index contributed by atoms with van der Waals surface area (Å²) < 4.78 is 120. The van der Waals surface area contributed by atoms with Crippen LogP contribution < -0.4 is 16.0 Å². The van der Waals surface area contributed by atoms with Crippen molar-refractivity contribution in [2.45, 2.75) is 225 Å². The summed E-state index contributed by atoms with van der Waals surface area (Å²) in [6, 6.07) is 28.3. The molecule has 0 bridgehead atoms. The van der Waals surface area contributed by atoms with Gasteiger partial charge in [0.15, 0.2) is 48.7 Å². The fourth-order valence-corrected chi connectivity index (χ4v) is 21.7.